The van der Waals surface area contributed by atoms with Crippen molar-refractivity contribution >= 4 is 22.5 Å². The fourth-order valence-corrected chi connectivity index (χ4v) is 5.56. The van der Waals surface area contributed by atoms with Crippen LogP contribution >= 0.6 is 0 Å². The third-order valence-electron chi connectivity index (χ3n) is 7.49. The zero-order valence-corrected chi connectivity index (χ0v) is 18.1. The van der Waals surface area contributed by atoms with Crippen LogP contribution in [0.4, 0.5) is 5.69 Å². The average Bonchev–Trinajstić information content (AvgIpc) is 3.49. The van der Waals surface area contributed by atoms with E-state index in [1.807, 2.05) is 31.3 Å². The van der Waals surface area contributed by atoms with Gasteiger partial charge in [0.2, 0.25) is 0 Å². The van der Waals surface area contributed by atoms with Crippen LogP contribution in [0.25, 0.3) is 10.9 Å². The fourth-order valence-electron chi connectivity index (χ4n) is 5.56. The molecule has 0 radical (unpaired) electrons. The molecule has 31 heavy (non-hydrogen) atoms. The summed E-state index contributed by atoms with van der Waals surface area (Å²) in [5, 5.41) is 4.52. The van der Waals surface area contributed by atoms with Crippen molar-refractivity contribution in [1.82, 2.24) is 15.2 Å². The van der Waals surface area contributed by atoms with Crippen LogP contribution in [0, 0.1) is 12.8 Å². The van der Waals surface area contributed by atoms with Gasteiger partial charge >= 0.3 is 0 Å². The largest absolute Gasteiger partial charge is 0.366 e. The Morgan fingerprint density at radius 1 is 1.10 bits per heavy atom. The summed E-state index contributed by atoms with van der Waals surface area (Å²) >= 11 is 0. The van der Waals surface area contributed by atoms with Gasteiger partial charge < -0.3 is 15.1 Å². The highest BCUT2D eigenvalue weighted by Crippen LogP contribution is 2.48. The predicted octanol–water partition coefficient (Wildman–Crippen LogP) is 3.71. The molecule has 2 unspecified atom stereocenters. The van der Waals surface area contributed by atoms with E-state index >= 15 is 0 Å². The van der Waals surface area contributed by atoms with Crippen LogP contribution in [0.1, 0.15) is 34.3 Å². The van der Waals surface area contributed by atoms with Gasteiger partial charge in [0.1, 0.15) is 0 Å². The van der Waals surface area contributed by atoms with Crippen molar-refractivity contribution in [2.75, 3.05) is 31.6 Å². The van der Waals surface area contributed by atoms with Crippen LogP contribution in [-0.4, -0.2) is 48.5 Å². The Hall–Kier alpha value is -2.92. The zero-order chi connectivity index (χ0) is 21.2. The van der Waals surface area contributed by atoms with Crippen molar-refractivity contribution in [2.45, 2.75) is 31.3 Å². The monoisotopic (exact) mass is 412 g/mol. The van der Waals surface area contributed by atoms with Gasteiger partial charge in [-0.2, -0.15) is 0 Å². The van der Waals surface area contributed by atoms with E-state index in [0.29, 0.717) is 6.04 Å². The number of rotatable bonds is 4. The lowest BCUT2D eigenvalue weighted by Crippen LogP contribution is -2.55. The molecule has 5 nitrogen and oxygen atoms in total. The van der Waals surface area contributed by atoms with Gasteiger partial charge in [-0.1, -0.05) is 24.3 Å². The summed E-state index contributed by atoms with van der Waals surface area (Å²) in [5.41, 5.74) is 4.87. The van der Waals surface area contributed by atoms with E-state index in [-0.39, 0.29) is 11.4 Å². The Morgan fingerprint density at radius 2 is 1.94 bits per heavy atom. The molecule has 6 rings (SSSR count). The van der Waals surface area contributed by atoms with Gasteiger partial charge in [-0.05, 0) is 62.2 Å². The molecular formula is C26H28N4O. The van der Waals surface area contributed by atoms with Gasteiger partial charge in [0, 0.05) is 54.4 Å². The van der Waals surface area contributed by atoms with Gasteiger partial charge in [-0.25, -0.2) is 0 Å². The summed E-state index contributed by atoms with van der Waals surface area (Å²) in [6.45, 7) is 5.41. The number of fused-ring (bicyclic) bond motifs is 2. The number of nitrogens with one attached hydrogen (secondary N) is 1. The number of para-hydroxylation sites is 1. The Morgan fingerprint density at radius 3 is 2.74 bits per heavy atom. The number of aryl methyl sites for hydroxylation is 1. The number of hydrogen-bond acceptors (Lipinski definition) is 4. The number of likely N-dealkylation sites (tertiary alicyclic amines) is 1. The first-order valence-electron chi connectivity index (χ1n) is 11.3. The van der Waals surface area contributed by atoms with E-state index in [2.05, 4.69) is 57.5 Å². The van der Waals surface area contributed by atoms with Crippen LogP contribution in [0.15, 0.2) is 54.7 Å². The number of aromatic nitrogens is 1. The maximum Gasteiger partial charge on any atom is 0.252 e. The smallest absolute Gasteiger partial charge is 0.252 e. The molecule has 3 aromatic rings. The van der Waals surface area contributed by atoms with Gasteiger partial charge in [-0.3, -0.25) is 9.78 Å². The SMILES string of the molecule is Cc1ccc(N2CC3CN(C)CC32)cc1C(=O)NC1(c2ccnc3ccccc23)CC1. The molecule has 3 heterocycles. The normalized spacial score (nSPS) is 24.0. The van der Waals surface area contributed by atoms with Crippen LogP contribution in [0.2, 0.25) is 0 Å². The summed E-state index contributed by atoms with van der Waals surface area (Å²) in [7, 11) is 2.20. The molecule has 2 aliphatic heterocycles. The lowest BCUT2D eigenvalue weighted by Gasteiger charge is -2.45. The summed E-state index contributed by atoms with van der Waals surface area (Å²) in [4.78, 5) is 22.8. The number of carbonyl (C=O) groups is 1. The highest BCUT2D eigenvalue weighted by molar-refractivity contribution is 5.98. The summed E-state index contributed by atoms with van der Waals surface area (Å²) in [6.07, 6.45) is 3.79. The van der Waals surface area contributed by atoms with Crippen LogP contribution in [-0.2, 0) is 5.54 Å². The molecule has 1 saturated carbocycles. The van der Waals surface area contributed by atoms with Crippen molar-refractivity contribution in [3.63, 3.8) is 0 Å². The third-order valence-corrected chi connectivity index (χ3v) is 7.49. The molecule has 1 amide bonds. The first-order valence-corrected chi connectivity index (χ1v) is 11.3. The first-order chi connectivity index (χ1) is 15.0. The number of pyridine rings is 1. The van der Waals surface area contributed by atoms with E-state index in [0.717, 1.165) is 53.9 Å². The molecule has 2 saturated heterocycles. The van der Waals surface area contributed by atoms with Gasteiger partial charge in [0.05, 0.1) is 11.1 Å². The standard InChI is InChI=1S/C26H28N4O/c1-17-7-8-19(30-15-18-14-29(2)16-24(18)30)13-21(17)25(31)28-26(10-11-26)22-9-12-27-23-6-4-3-5-20(22)23/h3-9,12-13,18,24H,10-11,14-16H2,1-2H3,(H,28,31). The Balaban J connectivity index is 1.28. The average molecular weight is 413 g/mol. The summed E-state index contributed by atoms with van der Waals surface area (Å²) < 4.78 is 0. The fraction of sp³-hybridized carbons (Fsp3) is 0.385. The Kier molecular flexibility index (Phi) is 4.12. The topological polar surface area (TPSA) is 48.5 Å². The molecule has 2 aromatic carbocycles. The Labute approximate surface area is 183 Å². The van der Waals surface area contributed by atoms with Crippen LogP contribution in [0.5, 0.6) is 0 Å². The summed E-state index contributed by atoms with van der Waals surface area (Å²) in [5.74, 6) is 0.789. The minimum Gasteiger partial charge on any atom is -0.366 e. The number of anilines is 1. The zero-order valence-electron chi connectivity index (χ0n) is 18.1. The van der Waals surface area contributed by atoms with Crippen LogP contribution < -0.4 is 10.2 Å². The molecule has 1 aliphatic carbocycles. The number of hydrogen-bond donors (Lipinski definition) is 1. The summed E-state index contributed by atoms with van der Waals surface area (Å²) in [6, 6.07) is 17.2. The van der Waals surface area contributed by atoms with Crippen LogP contribution in [0.3, 0.4) is 0 Å². The predicted molar refractivity (Wildman–Crippen MR) is 123 cm³/mol. The lowest BCUT2D eigenvalue weighted by atomic mass is 9.90. The second-order valence-electron chi connectivity index (χ2n) is 9.61. The number of nitrogens with zero attached hydrogens (tertiary/aromatic N) is 3. The molecule has 158 valence electrons. The molecule has 0 spiro atoms. The highest BCUT2D eigenvalue weighted by Gasteiger charge is 2.47. The van der Waals surface area contributed by atoms with E-state index in [1.165, 1.54) is 17.8 Å². The molecule has 1 N–H and O–H groups in total. The van der Waals surface area contributed by atoms with Crippen molar-refractivity contribution in [1.29, 1.82) is 0 Å². The van der Waals surface area contributed by atoms with Gasteiger partial charge in [-0.15, -0.1) is 0 Å². The van der Waals surface area contributed by atoms with Gasteiger partial charge in [0.15, 0.2) is 0 Å². The molecule has 5 heteroatoms. The third kappa shape index (κ3) is 3.02. The number of benzene rings is 2. The molecule has 3 fully saturated rings. The molecule has 2 atom stereocenters. The molecule has 3 aliphatic rings. The second-order valence-corrected chi connectivity index (χ2v) is 9.61. The molecule has 1 aromatic heterocycles. The molecule has 0 bridgehead atoms. The minimum absolute atomic E-state index is 0.0263. The van der Waals surface area contributed by atoms with Gasteiger partial charge in [0.25, 0.3) is 5.91 Å². The van der Waals surface area contributed by atoms with E-state index in [4.69, 9.17) is 0 Å². The van der Waals surface area contributed by atoms with Crippen molar-refractivity contribution in [3.8, 4) is 0 Å². The second kappa shape index (κ2) is 6.79. The first kappa shape index (κ1) is 18.8. The quantitative estimate of drug-likeness (QED) is 0.710. The molecular weight excluding hydrogens is 384 g/mol. The number of amides is 1. The van der Waals surface area contributed by atoms with Crippen molar-refractivity contribution < 1.29 is 4.79 Å². The minimum atomic E-state index is -0.280. The van der Waals surface area contributed by atoms with E-state index in [1.54, 1.807) is 0 Å². The number of carbonyl (C=O) groups excluding carboxylic acids is 1. The Bertz CT molecular complexity index is 1180. The lowest BCUT2D eigenvalue weighted by molar-refractivity contribution is 0.0930. The van der Waals surface area contributed by atoms with E-state index < -0.39 is 0 Å². The van der Waals surface area contributed by atoms with Crippen molar-refractivity contribution in [2.24, 2.45) is 5.92 Å². The highest BCUT2D eigenvalue weighted by atomic mass is 16.1. The number of likely N-dealkylation sites (N-methyl/N-ethyl adjacent to an activating group) is 1. The van der Waals surface area contributed by atoms with Crippen molar-refractivity contribution in [3.05, 3.63) is 71.4 Å². The maximum absolute atomic E-state index is 13.4. The maximum atomic E-state index is 13.4. The van der Waals surface area contributed by atoms with E-state index in [9.17, 15) is 4.79 Å².